The number of carbonyl (C=O) groups excluding carboxylic acids is 1. The van der Waals surface area contributed by atoms with Gasteiger partial charge in [0.25, 0.3) is 5.91 Å². The SMILES string of the molecule is Cc1cccc(OCC(=O)N/N=C\c2cc(C#N)n(C)c2C)c1. The van der Waals surface area contributed by atoms with Crippen LogP contribution in [0.4, 0.5) is 0 Å². The third-order valence-corrected chi connectivity index (χ3v) is 3.44. The predicted octanol–water partition coefficient (Wildman–Crippen LogP) is 2.04. The minimum atomic E-state index is -0.350. The van der Waals surface area contributed by atoms with E-state index in [2.05, 4.69) is 16.6 Å². The first-order valence-electron chi connectivity index (χ1n) is 7.09. The van der Waals surface area contributed by atoms with E-state index < -0.39 is 0 Å². The summed E-state index contributed by atoms with van der Waals surface area (Å²) in [6.07, 6.45) is 1.51. The van der Waals surface area contributed by atoms with E-state index in [0.29, 0.717) is 11.4 Å². The average Bonchev–Trinajstić information content (AvgIpc) is 2.81. The third-order valence-electron chi connectivity index (χ3n) is 3.44. The highest BCUT2D eigenvalue weighted by atomic mass is 16.5. The fraction of sp³-hybridized carbons (Fsp3) is 0.235. The van der Waals surface area contributed by atoms with Gasteiger partial charge in [-0.3, -0.25) is 4.79 Å². The molecule has 1 aromatic carbocycles. The molecule has 2 rings (SSSR count). The zero-order valence-corrected chi connectivity index (χ0v) is 13.3. The van der Waals surface area contributed by atoms with Crippen molar-refractivity contribution in [1.29, 1.82) is 5.26 Å². The van der Waals surface area contributed by atoms with Crippen molar-refractivity contribution in [2.45, 2.75) is 13.8 Å². The Morgan fingerprint density at radius 3 is 2.87 bits per heavy atom. The van der Waals surface area contributed by atoms with Crippen LogP contribution in [0.15, 0.2) is 35.4 Å². The van der Waals surface area contributed by atoms with E-state index in [1.165, 1.54) is 6.21 Å². The van der Waals surface area contributed by atoms with Crippen LogP contribution in [0.25, 0.3) is 0 Å². The molecule has 0 aliphatic heterocycles. The van der Waals surface area contributed by atoms with E-state index in [-0.39, 0.29) is 12.5 Å². The maximum Gasteiger partial charge on any atom is 0.277 e. The Hall–Kier alpha value is -3.07. The number of aromatic nitrogens is 1. The molecular formula is C17H18N4O2. The summed E-state index contributed by atoms with van der Waals surface area (Å²) < 4.78 is 7.15. The molecule has 6 heteroatoms. The van der Waals surface area contributed by atoms with Crippen LogP contribution in [-0.4, -0.2) is 23.3 Å². The molecule has 0 bridgehead atoms. The highest BCUT2D eigenvalue weighted by Crippen LogP contribution is 2.12. The van der Waals surface area contributed by atoms with E-state index in [4.69, 9.17) is 10.00 Å². The number of carbonyl (C=O) groups is 1. The standard InChI is InChI=1S/C17H18N4O2/c1-12-5-4-6-16(7-12)23-11-17(22)20-19-10-14-8-15(9-18)21(3)13(14)2/h4-8,10H,11H2,1-3H3,(H,20,22)/b19-10-. The summed E-state index contributed by atoms with van der Waals surface area (Å²) in [6.45, 7) is 3.72. The number of rotatable bonds is 5. The van der Waals surface area contributed by atoms with Gasteiger partial charge in [-0.1, -0.05) is 12.1 Å². The second-order valence-corrected chi connectivity index (χ2v) is 5.14. The number of nitriles is 1. The van der Waals surface area contributed by atoms with Crippen molar-refractivity contribution < 1.29 is 9.53 Å². The Kier molecular flexibility index (Phi) is 5.15. The van der Waals surface area contributed by atoms with E-state index in [1.807, 2.05) is 32.0 Å². The molecule has 1 N–H and O–H groups in total. The Morgan fingerprint density at radius 2 is 2.22 bits per heavy atom. The van der Waals surface area contributed by atoms with Crippen molar-refractivity contribution in [1.82, 2.24) is 9.99 Å². The van der Waals surface area contributed by atoms with Crippen LogP contribution in [0.5, 0.6) is 5.75 Å². The zero-order valence-electron chi connectivity index (χ0n) is 13.3. The second kappa shape index (κ2) is 7.27. The van der Waals surface area contributed by atoms with Crippen molar-refractivity contribution in [3.05, 3.63) is 52.8 Å². The molecule has 1 amide bonds. The summed E-state index contributed by atoms with van der Waals surface area (Å²) in [5, 5.41) is 12.9. The van der Waals surface area contributed by atoms with E-state index in [9.17, 15) is 4.79 Å². The molecule has 0 radical (unpaired) electrons. The van der Waals surface area contributed by atoms with Gasteiger partial charge in [0.2, 0.25) is 0 Å². The first-order chi connectivity index (χ1) is 11.0. The lowest BCUT2D eigenvalue weighted by Crippen LogP contribution is -2.24. The first kappa shape index (κ1) is 16.3. The Bertz CT molecular complexity index is 784. The Balaban J connectivity index is 1.88. The van der Waals surface area contributed by atoms with Gasteiger partial charge in [0.05, 0.1) is 6.21 Å². The number of aryl methyl sites for hydroxylation is 1. The lowest BCUT2D eigenvalue weighted by Gasteiger charge is -2.05. The monoisotopic (exact) mass is 310 g/mol. The van der Waals surface area contributed by atoms with Gasteiger partial charge in [-0.05, 0) is 37.6 Å². The molecule has 0 aliphatic rings. The molecule has 0 saturated heterocycles. The number of nitrogens with one attached hydrogen (secondary N) is 1. The highest BCUT2D eigenvalue weighted by Gasteiger charge is 2.07. The third kappa shape index (κ3) is 4.20. The molecule has 0 aliphatic carbocycles. The van der Waals surface area contributed by atoms with Crippen LogP contribution in [0.1, 0.15) is 22.5 Å². The molecule has 1 aromatic heterocycles. The number of ether oxygens (including phenoxy) is 1. The Morgan fingerprint density at radius 1 is 1.43 bits per heavy atom. The molecule has 0 unspecified atom stereocenters. The zero-order chi connectivity index (χ0) is 16.8. The van der Waals surface area contributed by atoms with E-state index in [0.717, 1.165) is 16.8 Å². The molecule has 2 aromatic rings. The summed E-state index contributed by atoms with van der Waals surface area (Å²) in [7, 11) is 1.81. The summed E-state index contributed by atoms with van der Waals surface area (Å²) in [5.74, 6) is 0.290. The van der Waals surface area contributed by atoms with Crippen molar-refractivity contribution in [3.63, 3.8) is 0 Å². The second-order valence-electron chi connectivity index (χ2n) is 5.14. The molecule has 0 saturated carbocycles. The van der Waals surface area contributed by atoms with Crippen LogP contribution in [0, 0.1) is 25.2 Å². The maximum atomic E-state index is 11.7. The van der Waals surface area contributed by atoms with E-state index in [1.54, 1.807) is 23.7 Å². The number of hydrogen-bond donors (Lipinski definition) is 1. The molecular weight excluding hydrogens is 292 g/mol. The van der Waals surface area contributed by atoms with Crippen molar-refractivity contribution in [2.75, 3.05) is 6.61 Å². The van der Waals surface area contributed by atoms with Gasteiger partial charge in [-0.2, -0.15) is 10.4 Å². The van der Waals surface area contributed by atoms with Crippen LogP contribution in [-0.2, 0) is 11.8 Å². The molecule has 23 heavy (non-hydrogen) atoms. The van der Waals surface area contributed by atoms with Crippen LogP contribution in [0.3, 0.4) is 0 Å². The van der Waals surface area contributed by atoms with Crippen LogP contribution < -0.4 is 10.2 Å². The van der Waals surface area contributed by atoms with Gasteiger partial charge in [0.1, 0.15) is 17.5 Å². The molecule has 1 heterocycles. The number of hydrazone groups is 1. The molecule has 118 valence electrons. The largest absolute Gasteiger partial charge is 0.484 e. The number of nitrogens with zero attached hydrogens (tertiary/aromatic N) is 3. The summed E-state index contributed by atoms with van der Waals surface area (Å²) in [4.78, 5) is 11.7. The molecule has 0 spiro atoms. The smallest absolute Gasteiger partial charge is 0.277 e. The maximum absolute atomic E-state index is 11.7. The van der Waals surface area contributed by atoms with Gasteiger partial charge in [-0.25, -0.2) is 5.43 Å². The van der Waals surface area contributed by atoms with Crippen LogP contribution >= 0.6 is 0 Å². The van der Waals surface area contributed by atoms with Gasteiger partial charge in [0, 0.05) is 18.3 Å². The highest BCUT2D eigenvalue weighted by molar-refractivity contribution is 5.84. The fourth-order valence-electron chi connectivity index (χ4n) is 2.02. The summed E-state index contributed by atoms with van der Waals surface area (Å²) in [5.41, 5.74) is 5.69. The summed E-state index contributed by atoms with van der Waals surface area (Å²) >= 11 is 0. The van der Waals surface area contributed by atoms with Crippen molar-refractivity contribution >= 4 is 12.1 Å². The van der Waals surface area contributed by atoms with Gasteiger partial charge in [0.15, 0.2) is 6.61 Å². The average molecular weight is 310 g/mol. The lowest BCUT2D eigenvalue weighted by atomic mass is 10.2. The quantitative estimate of drug-likeness (QED) is 0.678. The summed E-state index contributed by atoms with van der Waals surface area (Å²) in [6, 6.07) is 11.3. The lowest BCUT2D eigenvalue weighted by molar-refractivity contribution is -0.123. The first-order valence-corrected chi connectivity index (χ1v) is 7.09. The normalized spacial score (nSPS) is 10.5. The minimum Gasteiger partial charge on any atom is -0.484 e. The predicted molar refractivity (Wildman–Crippen MR) is 87.3 cm³/mol. The van der Waals surface area contributed by atoms with Crippen LogP contribution in [0.2, 0.25) is 0 Å². The topological polar surface area (TPSA) is 79.4 Å². The van der Waals surface area contributed by atoms with Gasteiger partial charge in [-0.15, -0.1) is 0 Å². The van der Waals surface area contributed by atoms with Gasteiger partial charge < -0.3 is 9.30 Å². The fourth-order valence-corrected chi connectivity index (χ4v) is 2.02. The van der Waals surface area contributed by atoms with Crippen molar-refractivity contribution in [3.8, 4) is 11.8 Å². The number of amides is 1. The molecule has 0 fully saturated rings. The molecule has 0 atom stereocenters. The minimum absolute atomic E-state index is 0.113. The van der Waals surface area contributed by atoms with Gasteiger partial charge >= 0.3 is 0 Å². The number of benzene rings is 1. The van der Waals surface area contributed by atoms with Crippen molar-refractivity contribution in [2.24, 2.45) is 12.1 Å². The number of hydrogen-bond acceptors (Lipinski definition) is 4. The van der Waals surface area contributed by atoms with E-state index >= 15 is 0 Å². The molecule has 6 nitrogen and oxygen atoms in total. The Labute approximate surface area is 135 Å².